The number of nitrogens with two attached hydrogens (primary N) is 2. The van der Waals surface area contributed by atoms with Crippen LogP contribution in [-0.2, 0) is 6.54 Å². The third kappa shape index (κ3) is 5.16. The number of aromatic nitrogens is 3. The van der Waals surface area contributed by atoms with Gasteiger partial charge in [0.15, 0.2) is 5.82 Å². The Morgan fingerprint density at radius 3 is 2.62 bits per heavy atom. The molecule has 3 aromatic rings. The number of hydrogen-bond acceptors (Lipinski definition) is 8. The summed E-state index contributed by atoms with van der Waals surface area (Å²) in [5.74, 6) is 1.81. The van der Waals surface area contributed by atoms with E-state index in [2.05, 4.69) is 27.2 Å². The quantitative estimate of drug-likeness (QED) is 0.410. The molecule has 0 aliphatic carbocycles. The Hall–Kier alpha value is -3.20. The van der Waals surface area contributed by atoms with Gasteiger partial charge in [-0.05, 0) is 30.2 Å². The number of pyridine rings is 1. The predicted octanol–water partition coefficient (Wildman–Crippen LogP) is 3.81. The maximum atomic E-state index is 13.5. The summed E-state index contributed by atoms with van der Waals surface area (Å²) < 4.78 is 24.2. The molecule has 9 heteroatoms. The zero-order valence-electron chi connectivity index (χ0n) is 18.8. The highest BCUT2D eigenvalue weighted by Crippen LogP contribution is 2.32. The molecule has 0 fully saturated rings. The Bertz CT molecular complexity index is 1050. The van der Waals surface area contributed by atoms with Crippen LogP contribution in [0.3, 0.4) is 0 Å². The van der Waals surface area contributed by atoms with Crippen molar-refractivity contribution in [2.45, 2.75) is 44.7 Å². The van der Waals surface area contributed by atoms with Crippen molar-refractivity contribution in [1.82, 2.24) is 15.0 Å². The summed E-state index contributed by atoms with van der Waals surface area (Å²) in [6, 6.07) is 6.80. The van der Waals surface area contributed by atoms with Crippen LogP contribution in [0, 0.1) is 0 Å². The van der Waals surface area contributed by atoms with E-state index in [1.807, 2.05) is 24.3 Å². The van der Waals surface area contributed by atoms with E-state index >= 15 is 0 Å². The minimum absolute atomic E-state index is 0.186. The van der Waals surface area contributed by atoms with Gasteiger partial charge < -0.3 is 26.3 Å². The maximum Gasteiger partial charge on any atom is 0.225 e. The Labute approximate surface area is 187 Å². The molecule has 172 valence electrons. The molecule has 32 heavy (non-hydrogen) atoms. The molecule has 0 aliphatic rings. The molecule has 0 saturated heterocycles. The van der Waals surface area contributed by atoms with Crippen LogP contribution in [-0.4, -0.2) is 41.9 Å². The molecule has 0 radical (unpaired) electrons. The monoisotopic (exact) mass is 442 g/mol. The second-order valence-corrected chi connectivity index (χ2v) is 7.63. The number of ether oxygens (including phenoxy) is 2. The maximum absolute atomic E-state index is 13.5. The van der Waals surface area contributed by atoms with E-state index < -0.39 is 12.7 Å². The van der Waals surface area contributed by atoms with Gasteiger partial charge in [0, 0.05) is 36.3 Å². The van der Waals surface area contributed by atoms with Gasteiger partial charge in [0.05, 0.1) is 14.2 Å². The van der Waals surface area contributed by atoms with Crippen molar-refractivity contribution < 1.29 is 13.9 Å². The van der Waals surface area contributed by atoms with E-state index in [-0.39, 0.29) is 11.7 Å². The zero-order valence-corrected chi connectivity index (χ0v) is 18.8. The number of anilines is 2. The molecule has 5 N–H and O–H groups in total. The van der Waals surface area contributed by atoms with Gasteiger partial charge >= 0.3 is 0 Å². The summed E-state index contributed by atoms with van der Waals surface area (Å²) >= 11 is 0. The molecule has 0 saturated carbocycles. The molecule has 0 amide bonds. The highest BCUT2D eigenvalue weighted by molar-refractivity contribution is 5.87. The van der Waals surface area contributed by atoms with Gasteiger partial charge in [-0.3, -0.25) is 4.98 Å². The fraction of sp³-hybridized carbons (Fsp3) is 0.435. The standard InChI is InChI=1S/C23H31FN6O2/c1-4-5-6-16(18(25)12-24)17-9-10-27-21-20(17)29-23(30-22(21)26)28-13-14-7-8-15(31-2)11-19(14)32-3/h7-11,16,18H,4-6,12-13,25H2,1-3H3,(H3,26,28,29,30)/t16-,18?/m1/s1. The third-order valence-electron chi connectivity index (χ3n) is 5.54. The number of rotatable bonds is 11. The first-order valence-corrected chi connectivity index (χ1v) is 10.7. The number of hydrogen-bond donors (Lipinski definition) is 3. The summed E-state index contributed by atoms with van der Waals surface area (Å²) in [5.41, 5.74) is 15.2. The lowest BCUT2D eigenvalue weighted by Gasteiger charge is -2.23. The van der Waals surface area contributed by atoms with Crippen molar-refractivity contribution in [3.8, 4) is 11.5 Å². The fourth-order valence-corrected chi connectivity index (χ4v) is 3.75. The number of halogens is 1. The van der Waals surface area contributed by atoms with Crippen LogP contribution >= 0.6 is 0 Å². The van der Waals surface area contributed by atoms with Gasteiger partial charge in [-0.2, -0.15) is 4.98 Å². The molecular formula is C23H31FN6O2. The minimum atomic E-state index is -0.622. The van der Waals surface area contributed by atoms with Gasteiger partial charge in [-0.25, -0.2) is 9.37 Å². The number of fused-ring (bicyclic) bond motifs is 1. The highest BCUT2D eigenvalue weighted by atomic mass is 19.1. The Kier molecular flexibility index (Phi) is 7.99. The van der Waals surface area contributed by atoms with Gasteiger partial charge in [0.2, 0.25) is 5.95 Å². The van der Waals surface area contributed by atoms with Gasteiger partial charge in [0.25, 0.3) is 0 Å². The zero-order chi connectivity index (χ0) is 23.1. The lowest BCUT2D eigenvalue weighted by atomic mass is 9.87. The molecule has 1 unspecified atom stereocenters. The number of unbranched alkanes of at least 4 members (excludes halogenated alkanes) is 1. The molecule has 0 bridgehead atoms. The number of nitrogen functional groups attached to an aromatic ring is 1. The first-order chi connectivity index (χ1) is 15.5. The fourth-order valence-electron chi connectivity index (χ4n) is 3.75. The Morgan fingerprint density at radius 1 is 1.12 bits per heavy atom. The number of nitrogens with zero attached hydrogens (tertiary/aromatic N) is 3. The molecule has 1 aromatic carbocycles. The second-order valence-electron chi connectivity index (χ2n) is 7.63. The summed E-state index contributed by atoms with van der Waals surface area (Å²) in [6.45, 7) is 1.90. The second kappa shape index (κ2) is 10.9. The highest BCUT2D eigenvalue weighted by Gasteiger charge is 2.23. The van der Waals surface area contributed by atoms with Crippen molar-refractivity contribution in [3.63, 3.8) is 0 Å². The van der Waals surface area contributed by atoms with Crippen LogP contribution in [0.4, 0.5) is 16.2 Å². The molecule has 8 nitrogen and oxygen atoms in total. The van der Waals surface area contributed by atoms with Crippen LogP contribution in [0.5, 0.6) is 11.5 Å². The number of nitrogens with one attached hydrogen (secondary N) is 1. The smallest absolute Gasteiger partial charge is 0.225 e. The van der Waals surface area contributed by atoms with E-state index in [0.717, 1.165) is 30.4 Å². The Balaban J connectivity index is 1.95. The first kappa shape index (κ1) is 23.5. The normalized spacial score (nSPS) is 13.0. The van der Waals surface area contributed by atoms with Crippen molar-refractivity contribution in [1.29, 1.82) is 0 Å². The molecule has 2 aromatic heterocycles. The molecule has 3 rings (SSSR count). The third-order valence-corrected chi connectivity index (χ3v) is 5.54. The van der Waals surface area contributed by atoms with Crippen LogP contribution in [0.1, 0.15) is 43.2 Å². The van der Waals surface area contributed by atoms with E-state index in [1.54, 1.807) is 20.4 Å². The van der Waals surface area contributed by atoms with Crippen LogP contribution in [0.2, 0.25) is 0 Å². The van der Waals surface area contributed by atoms with Crippen molar-refractivity contribution in [2.24, 2.45) is 5.73 Å². The molecular weight excluding hydrogens is 411 g/mol. The van der Waals surface area contributed by atoms with E-state index in [0.29, 0.717) is 35.0 Å². The van der Waals surface area contributed by atoms with Gasteiger partial charge in [-0.1, -0.05) is 19.8 Å². The predicted molar refractivity (Wildman–Crippen MR) is 125 cm³/mol. The van der Waals surface area contributed by atoms with Gasteiger partial charge in [-0.15, -0.1) is 0 Å². The van der Waals surface area contributed by atoms with Crippen LogP contribution in [0.15, 0.2) is 30.5 Å². The Morgan fingerprint density at radius 2 is 1.94 bits per heavy atom. The average Bonchev–Trinajstić information content (AvgIpc) is 2.82. The topological polar surface area (TPSA) is 121 Å². The lowest BCUT2D eigenvalue weighted by molar-refractivity contribution is 0.371. The van der Waals surface area contributed by atoms with E-state index in [9.17, 15) is 4.39 Å². The van der Waals surface area contributed by atoms with E-state index in [4.69, 9.17) is 20.9 Å². The number of benzene rings is 1. The summed E-state index contributed by atoms with van der Waals surface area (Å²) in [5, 5.41) is 3.20. The summed E-state index contributed by atoms with van der Waals surface area (Å²) in [7, 11) is 3.21. The van der Waals surface area contributed by atoms with Crippen LogP contribution < -0.4 is 26.3 Å². The summed E-state index contributed by atoms with van der Waals surface area (Å²) in [6.07, 6.45) is 4.34. The minimum Gasteiger partial charge on any atom is -0.497 e. The van der Waals surface area contributed by atoms with Crippen LogP contribution in [0.25, 0.3) is 11.0 Å². The molecule has 0 aliphatic heterocycles. The SMILES string of the molecule is CCCC[C@H](c1ccnc2c(N)nc(NCc3ccc(OC)cc3OC)nc12)C(N)CF. The van der Waals surface area contributed by atoms with E-state index in [1.165, 1.54) is 0 Å². The van der Waals surface area contributed by atoms with Crippen molar-refractivity contribution >= 4 is 22.8 Å². The van der Waals surface area contributed by atoms with Crippen molar-refractivity contribution in [2.75, 3.05) is 31.9 Å². The van der Waals surface area contributed by atoms with Gasteiger partial charge in [0.1, 0.15) is 29.2 Å². The first-order valence-electron chi connectivity index (χ1n) is 10.7. The number of alkyl halides is 1. The number of methoxy groups -OCH3 is 2. The largest absolute Gasteiger partial charge is 0.497 e. The van der Waals surface area contributed by atoms with Crippen molar-refractivity contribution in [3.05, 3.63) is 41.6 Å². The molecule has 2 heterocycles. The molecule has 0 spiro atoms. The average molecular weight is 443 g/mol. The molecule has 2 atom stereocenters. The summed E-state index contributed by atoms with van der Waals surface area (Å²) in [4.78, 5) is 13.4. The lowest BCUT2D eigenvalue weighted by Crippen LogP contribution is -2.31.